The van der Waals surface area contributed by atoms with E-state index in [-0.39, 0.29) is 5.91 Å². The van der Waals surface area contributed by atoms with Crippen LogP contribution in [0, 0.1) is 0 Å². The van der Waals surface area contributed by atoms with E-state index in [1.54, 1.807) is 12.1 Å². The van der Waals surface area contributed by atoms with Crippen LogP contribution in [-0.4, -0.2) is 11.9 Å². The molecule has 2 aromatic rings. The number of carbonyl (C=O) groups excluding carboxylic acids is 1. The van der Waals surface area contributed by atoms with Gasteiger partial charge < -0.3 is 11.1 Å². The van der Waals surface area contributed by atoms with Crippen molar-refractivity contribution in [3.63, 3.8) is 0 Å². The van der Waals surface area contributed by atoms with Gasteiger partial charge in [0.1, 0.15) is 6.04 Å². The smallest absolute Gasteiger partial charge is 0.240 e. The predicted molar refractivity (Wildman–Crippen MR) is 78.2 cm³/mol. The van der Waals surface area contributed by atoms with Crippen LogP contribution < -0.4 is 11.1 Å². The molecule has 1 atom stereocenters. The van der Waals surface area contributed by atoms with E-state index in [4.69, 9.17) is 17.3 Å². The van der Waals surface area contributed by atoms with E-state index in [1.807, 2.05) is 42.5 Å². The number of hydrogen-bond acceptors (Lipinski definition) is 2. The van der Waals surface area contributed by atoms with Crippen molar-refractivity contribution >= 4 is 23.2 Å². The Balaban J connectivity index is 2.08. The van der Waals surface area contributed by atoms with E-state index in [0.717, 1.165) is 11.3 Å². The Kier molecular flexibility index (Phi) is 4.42. The van der Waals surface area contributed by atoms with Gasteiger partial charge in [-0.05, 0) is 29.8 Å². The molecule has 2 aromatic carbocycles. The zero-order valence-corrected chi connectivity index (χ0v) is 11.1. The molecule has 0 spiro atoms. The van der Waals surface area contributed by atoms with Gasteiger partial charge in [0.25, 0.3) is 0 Å². The van der Waals surface area contributed by atoms with Gasteiger partial charge in [0.05, 0.1) is 0 Å². The highest BCUT2D eigenvalue weighted by Crippen LogP contribution is 2.15. The number of halogens is 1. The van der Waals surface area contributed by atoms with Crippen LogP contribution in [0.25, 0.3) is 0 Å². The fourth-order valence-electron chi connectivity index (χ4n) is 1.82. The predicted octanol–water partition coefficient (Wildman–Crippen LogP) is 2.85. The Morgan fingerprint density at radius 3 is 2.32 bits per heavy atom. The third-order valence-electron chi connectivity index (χ3n) is 2.81. The van der Waals surface area contributed by atoms with E-state index < -0.39 is 6.04 Å². The number of rotatable bonds is 5. The van der Waals surface area contributed by atoms with Crippen molar-refractivity contribution in [2.75, 3.05) is 5.32 Å². The number of anilines is 1. The summed E-state index contributed by atoms with van der Waals surface area (Å²) in [5.41, 5.74) is 7.32. The fraction of sp³-hybridized carbons (Fsp3) is 0.133. The van der Waals surface area contributed by atoms with E-state index in [0.29, 0.717) is 11.4 Å². The van der Waals surface area contributed by atoms with E-state index in [1.165, 1.54) is 0 Å². The zero-order chi connectivity index (χ0) is 13.7. The molecular weight excluding hydrogens is 260 g/mol. The first-order valence-electron chi connectivity index (χ1n) is 6.00. The maximum atomic E-state index is 11.5. The lowest BCUT2D eigenvalue weighted by atomic mass is 10.1. The maximum Gasteiger partial charge on any atom is 0.240 e. The number of amides is 1. The summed E-state index contributed by atoms with van der Waals surface area (Å²) in [6, 6.07) is 16.5. The maximum absolute atomic E-state index is 11.5. The molecule has 0 radical (unpaired) electrons. The summed E-state index contributed by atoms with van der Waals surface area (Å²) in [6.07, 6.45) is 0.554. The highest BCUT2D eigenvalue weighted by atomic mass is 35.5. The summed E-state index contributed by atoms with van der Waals surface area (Å²) in [5.74, 6) is -0.376. The van der Waals surface area contributed by atoms with Gasteiger partial charge in [-0.3, -0.25) is 4.79 Å². The standard InChI is InChI=1S/C15H15ClN2O/c16-12-6-8-13(9-7-12)18-14(15(17)19)10-11-4-2-1-3-5-11/h1-9,14,18H,10H2,(H2,17,19). The molecule has 1 amide bonds. The van der Waals surface area contributed by atoms with Crippen LogP contribution in [0.15, 0.2) is 54.6 Å². The molecule has 1 unspecified atom stereocenters. The summed E-state index contributed by atoms with van der Waals surface area (Å²) < 4.78 is 0. The van der Waals surface area contributed by atoms with Crippen molar-refractivity contribution in [3.8, 4) is 0 Å². The molecule has 4 heteroatoms. The lowest BCUT2D eigenvalue weighted by molar-refractivity contribution is -0.118. The summed E-state index contributed by atoms with van der Waals surface area (Å²) >= 11 is 5.82. The molecule has 3 nitrogen and oxygen atoms in total. The van der Waals surface area contributed by atoms with Gasteiger partial charge in [0.15, 0.2) is 0 Å². The topological polar surface area (TPSA) is 55.1 Å². The van der Waals surface area contributed by atoms with Crippen molar-refractivity contribution in [1.82, 2.24) is 0 Å². The molecule has 0 aromatic heterocycles. The summed E-state index contributed by atoms with van der Waals surface area (Å²) in [7, 11) is 0. The minimum Gasteiger partial charge on any atom is -0.373 e. The number of nitrogens with one attached hydrogen (secondary N) is 1. The van der Waals surface area contributed by atoms with Crippen LogP contribution in [0.5, 0.6) is 0 Å². The molecular formula is C15H15ClN2O. The summed E-state index contributed by atoms with van der Waals surface area (Å²) in [4.78, 5) is 11.5. The number of nitrogens with two attached hydrogens (primary N) is 1. The first kappa shape index (κ1) is 13.4. The van der Waals surface area contributed by atoms with Crippen LogP contribution >= 0.6 is 11.6 Å². The molecule has 0 saturated carbocycles. The van der Waals surface area contributed by atoms with Gasteiger partial charge in [-0.1, -0.05) is 41.9 Å². The van der Waals surface area contributed by atoms with Crippen LogP contribution in [-0.2, 0) is 11.2 Å². The first-order valence-corrected chi connectivity index (χ1v) is 6.38. The van der Waals surface area contributed by atoms with E-state index >= 15 is 0 Å². The third kappa shape index (κ3) is 4.00. The van der Waals surface area contributed by atoms with Crippen molar-refractivity contribution in [3.05, 3.63) is 65.2 Å². The second-order valence-corrected chi connectivity index (χ2v) is 4.73. The number of primary amides is 1. The highest BCUT2D eigenvalue weighted by Gasteiger charge is 2.15. The lowest BCUT2D eigenvalue weighted by Gasteiger charge is -2.16. The normalized spacial score (nSPS) is 11.8. The average Bonchev–Trinajstić information content (AvgIpc) is 2.41. The molecule has 19 heavy (non-hydrogen) atoms. The molecule has 0 saturated heterocycles. The van der Waals surface area contributed by atoms with Crippen LogP contribution in [0.4, 0.5) is 5.69 Å². The first-order chi connectivity index (χ1) is 9.15. The minimum atomic E-state index is -0.441. The number of carbonyl (C=O) groups is 1. The SMILES string of the molecule is NC(=O)C(Cc1ccccc1)Nc1ccc(Cl)cc1. The van der Waals surface area contributed by atoms with Crippen molar-refractivity contribution in [1.29, 1.82) is 0 Å². The Morgan fingerprint density at radius 1 is 1.11 bits per heavy atom. The number of hydrogen-bond donors (Lipinski definition) is 2. The van der Waals surface area contributed by atoms with Gasteiger partial charge in [-0.15, -0.1) is 0 Å². The van der Waals surface area contributed by atoms with E-state index in [9.17, 15) is 4.79 Å². The fourth-order valence-corrected chi connectivity index (χ4v) is 1.95. The Hall–Kier alpha value is -2.00. The Morgan fingerprint density at radius 2 is 1.74 bits per heavy atom. The lowest BCUT2D eigenvalue weighted by Crippen LogP contribution is -2.37. The monoisotopic (exact) mass is 274 g/mol. The molecule has 0 fully saturated rings. The minimum absolute atomic E-state index is 0.376. The van der Waals surface area contributed by atoms with Crippen molar-refractivity contribution < 1.29 is 4.79 Å². The molecule has 0 aliphatic heterocycles. The molecule has 0 bridgehead atoms. The third-order valence-corrected chi connectivity index (χ3v) is 3.06. The van der Waals surface area contributed by atoms with Crippen molar-refractivity contribution in [2.24, 2.45) is 5.73 Å². The Bertz CT molecular complexity index is 540. The molecule has 98 valence electrons. The van der Waals surface area contributed by atoms with Crippen LogP contribution in [0.1, 0.15) is 5.56 Å². The van der Waals surface area contributed by atoms with E-state index in [2.05, 4.69) is 5.32 Å². The molecule has 0 heterocycles. The number of benzene rings is 2. The van der Waals surface area contributed by atoms with Gasteiger partial charge in [-0.25, -0.2) is 0 Å². The molecule has 2 rings (SSSR count). The second-order valence-electron chi connectivity index (χ2n) is 4.30. The van der Waals surface area contributed by atoms with Crippen molar-refractivity contribution in [2.45, 2.75) is 12.5 Å². The quantitative estimate of drug-likeness (QED) is 0.881. The van der Waals surface area contributed by atoms with Crippen LogP contribution in [0.2, 0.25) is 5.02 Å². The molecule has 3 N–H and O–H groups in total. The summed E-state index contributed by atoms with van der Waals surface area (Å²) in [5, 5.41) is 3.78. The summed E-state index contributed by atoms with van der Waals surface area (Å²) in [6.45, 7) is 0. The van der Waals surface area contributed by atoms with Gasteiger partial charge in [0, 0.05) is 17.1 Å². The average molecular weight is 275 g/mol. The van der Waals surface area contributed by atoms with Crippen LogP contribution in [0.3, 0.4) is 0 Å². The molecule has 0 aliphatic rings. The van der Waals surface area contributed by atoms with Gasteiger partial charge in [0.2, 0.25) is 5.91 Å². The Labute approximate surface area is 117 Å². The van der Waals surface area contributed by atoms with Gasteiger partial charge in [-0.2, -0.15) is 0 Å². The molecule has 0 aliphatic carbocycles. The largest absolute Gasteiger partial charge is 0.373 e. The zero-order valence-electron chi connectivity index (χ0n) is 10.3. The highest BCUT2D eigenvalue weighted by molar-refractivity contribution is 6.30. The second kappa shape index (κ2) is 6.25. The van der Waals surface area contributed by atoms with Gasteiger partial charge >= 0.3 is 0 Å².